The van der Waals surface area contributed by atoms with E-state index in [1.807, 2.05) is 0 Å². The molecule has 2 saturated heterocycles. The van der Waals surface area contributed by atoms with Crippen molar-refractivity contribution < 1.29 is 23.1 Å². The molecule has 0 saturated carbocycles. The number of thiophene rings is 1. The first-order valence-corrected chi connectivity index (χ1v) is 12.6. The highest BCUT2D eigenvalue weighted by atomic mass is 35.5. The van der Waals surface area contributed by atoms with Crippen molar-refractivity contribution in [3.63, 3.8) is 0 Å². The molecule has 0 spiro atoms. The Hall–Kier alpha value is -1.46. The fourth-order valence-electron chi connectivity index (χ4n) is 3.72. The van der Waals surface area contributed by atoms with Crippen molar-refractivity contribution in [2.75, 3.05) is 32.8 Å². The summed E-state index contributed by atoms with van der Waals surface area (Å²) < 4.78 is 27.7. The lowest BCUT2D eigenvalue weighted by Crippen LogP contribution is -2.55. The van der Waals surface area contributed by atoms with Crippen LogP contribution in [0.4, 0.5) is 0 Å². The van der Waals surface area contributed by atoms with E-state index in [-0.39, 0.29) is 30.9 Å². The molecule has 8 nitrogen and oxygen atoms in total. The molecule has 2 aliphatic heterocycles. The van der Waals surface area contributed by atoms with Crippen molar-refractivity contribution in [3.8, 4) is 0 Å². The maximum Gasteiger partial charge on any atom is 0.242 e. The fraction of sp³-hybridized carbons (Fsp3) is 0.579. The van der Waals surface area contributed by atoms with Crippen LogP contribution < -0.4 is 4.72 Å². The maximum absolute atomic E-state index is 12.8. The summed E-state index contributed by atoms with van der Waals surface area (Å²) >= 11 is 7.09. The normalized spacial score (nSPS) is 23.3. The van der Waals surface area contributed by atoms with Crippen LogP contribution in [-0.4, -0.2) is 74.0 Å². The van der Waals surface area contributed by atoms with Gasteiger partial charge in [-0.2, -0.15) is 4.72 Å². The molecule has 0 aromatic carbocycles. The minimum absolute atomic E-state index is 0.0431. The quantitative estimate of drug-likeness (QED) is 0.621. The summed E-state index contributed by atoms with van der Waals surface area (Å²) in [4.78, 5) is 29.2. The molecule has 11 heteroatoms. The van der Waals surface area contributed by atoms with Gasteiger partial charge in [-0.15, -0.1) is 11.3 Å². The van der Waals surface area contributed by atoms with Gasteiger partial charge in [0.25, 0.3) is 0 Å². The molecule has 0 bridgehead atoms. The van der Waals surface area contributed by atoms with E-state index in [1.165, 1.54) is 22.3 Å². The van der Waals surface area contributed by atoms with Crippen LogP contribution in [0.15, 0.2) is 17.5 Å². The van der Waals surface area contributed by atoms with Crippen molar-refractivity contribution in [2.45, 2.75) is 31.7 Å². The van der Waals surface area contributed by atoms with Crippen molar-refractivity contribution in [1.82, 2.24) is 14.5 Å². The van der Waals surface area contributed by atoms with Crippen LogP contribution in [0.25, 0.3) is 6.08 Å². The highest BCUT2D eigenvalue weighted by Crippen LogP contribution is 2.23. The lowest BCUT2D eigenvalue weighted by atomic mass is 9.99. The van der Waals surface area contributed by atoms with Gasteiger partial charge in [0, 0.05) is 36.5 Å². The van der Waals surface area contributed by atoms with E-state index in [9.17, 15) is 23.1 Å². The number of nitrogens with one attached hydrogen (secondary N) is 1. The largest absolute Gasteiger partial charge is 0.396 e. The number of carbonyl (C=O) groups is 2. The average Bonchev–Trinajstić information content (AvgIpc) is 3.15. The molecule has 1 aromatic rings. The number of carbonyl (C=O) groups excluding carboxylic acids is 2. The van der Waals surface area contributed by atoms with Gasteiger partial charge in [0.15, 0.2) is 0 Å². The topological polar surface area (TPSA) is 107 Å². The Balaban J connectivity index is 1.57. The van der Waals surface area contributed by atoms with Crippen LogP contribution >= 0.6 is 22.9 Å². The van der Waals surface area contributed by atoms with Crippen LogP contribution in [0, 0.1) is 5.92 Å². The second kappa shape index (κ2) is 10.2. The Kier molecular flexibility index (Phi) is 7.92. The molecule has 1 unspecified atom stereocenters. The zero-order valence-corrected chi connectivity index (χ0v) is 18.9. The van der Waals surface area contributed by atoms with Gasteiger partial charge < -0.3 is 14.9 Å². The summed E-state index contributed by atoms with van der Waals surface area (Å²) in [6.45, 7) is 1.50. The highest BCUT2D eigenvalue weighted by Gasteiger charge is 2.33. The number of rotatable bonds is 7. The van der Waals surface area contributed by atoms with E-state index in [0.29, 0.717) is 41.7 Å². The maximum atomic E-state index is 12.8. The first kappa shape index (κ1) is 23.2. The second-order valence-corrected chi connectivity index (χ2v) is 10.9. The van der Waals surface area contributed by atoms with Gasteiger partial charge in [-0.05, 0) is 49.8 Å². The van der Waals surface area contributed by atoms with Gasteiger partial charge in [0.05, 0.1) is 10.9 Å². The van der Waals surface area contributed by atoms with Gasteiger partial charge in [-0.3, -0.25) is 9.59 Å². The molecule has 30 heavy (non-hydrogen) atoms. The van der Waals surface area contributed by atoms with Gasteiger partial charge in [0.2, 0.25) is 21.8 Å². The summed E-state index contributed by atoms with van der Waals surface area (Å²) in [6, 6.07) is 2.50. The number of aliphatic hydroxyl groups is 1. The SMILES string of the molecule is O=C(CN1CCC[C@H](NS(=O)(=O)C=Cc2ccc(Cl)s2)C1=O)N1CCCC(CO)C1. The number of likely N-dealkylation sites (tertiary alicyclic amines) is 2. The number of sulfonamides is 1. The summed E-state index contributed by atoms with van der Waals surface area (Å²) in [5.74, 6) is -0.481. The number of nitrogens with zero attached hydrogens (tertiary/aromatic N) is 2. The Morgan fingerprint density at radius 2 is 2.07 bits per heavy atom. The Morgan fingerprint density at radius 1 is 1.30 bits per heavy atom. The molecule has 1 aromatic heterocycles. The van der Waals surface area contributed by atoms with Crippen molar-refractivity contribution in [1.29, 1.82) is 0 Å². The third kappa shape index (κ3) is 6.27. The average molecular weight is 476 g/mol. The first-order chi connectivity index (χ1) is 14.3. The summed E-state index contributed by atoms with van der Waals surface area (Å²) in [6.07, 6.45) is 4.14. The van der Waals surface area contributed by atoms with Gasteiger partial charge in [-0.25, -0.2) is 8.42 Å². The smallest absolute Gasteiger partial charge is 0.242 e. The van der Waals surface area contributed by atoms with E-state index >= 15 is 0 Å². The zero-order valence-electron chi connectivity index (χ0n) is 16.5. The molecule has 3 heterocycles. The number of halogens is 1. The van der Waals surface area contributed by atoms with Crippen molar-refractivity contribution >= 4 is 50.9 Å². The summed E-state index contributed by atoms with van der Waals surface area (Å²) in [5.41, 5.74) is 0. The Bertz CT molecular complexity index is 902. The molecule has 2 atom stereocenters. The van der Waals surface area contributed by atoms with Crippen LogP contribution in [0.3, 0.4) is 0 Å². The minimum atomic E-state index is -3.82. The van der Waals surface area contributed by atoms with Crippen molar-refractivity contribution in [3.05, 3.63) is 26.8 Å². The van der Waals surface area contributed by atoms with Crippen LogP contribution in [0.5, 0.6) is 0 Å². The molecule has 0 aliphatic carbocycles. The van der Waals surface area contributed by atoms with Crippen molar-refractivity contribution in [2.24, 2.45) is 5.92 Å². The lowest BCUT2D eigenvalue weighted by molar-refractivity contribution is -0.144. The van der Waals surface area contributed by atoms with E-state index in [2.05, 4.69) is 4.72 Å². The summed E-state index contributed by atoms with van der Waals surface area (Å²) in [7, 11) is -3.82. The molecule has 2 aliphatic rings. The molecule has 166 valence electrons. The number of piperidine rings is 2. The van der Waals surface area contributed by atoms with E-state index in [1.54, 1.807) is 17.0 Å². The van der Waals surface area contributed by atoms with E-state index < -0.39 is 16.1 Å². The van der Waals surface area contributed by atoms with E-state index in [4.69, 9.17) is 11.6 Å². The molecule has 2 amide bonds. The molecular weight excluding hydrogens is 450 g/mol. The minimum Gasteiger partial charge on any atom is -0.396 e. The predicted octanol–water partition coefficient (Wildman–Crippen LogP) is 1.51. The third-order valence-corrected chi connectivity index (χ3v) is 7.60. The lowest BCUT2D eigenvalue weighted by Gasteiger charge is -2.36. The zero-order chi connectivity index (χ0) is 21.7. The number of amides is 2. The highest BCUT2D eigenvalue weighted by molar-refractivity contribution is 7.92. The number of hydrogen-bond donors (Lipinski definition) is 2. The number of hydrogen-bond acceptors (Lipinski definition) is 6. The van der Waals surface area contributed by atoms with Crippen LogP contribution in [-0.2, 0) is 19.6 Å². The predicted molar refractivity (Wildman–Crippen MR) is 116 cm³/mol. The fourth-order valence-corrected chi connectivity index (χ4v) is 5.79. The van der Waals surface area contributed by atoms with Gasteiger partial charge >= 0.3 is 0 Å². The monoisotopic (exact) mass is 475 g/mol. The molecule has 2 fully saturated rings. The Labute approximate surface area is 185 Å². The second-order valence-electron chi connectivity index (χ2n) is 7.59. The number of aliphatic hydroxyl groups excluding tert-OH is 1. The summed E-state index contributed by atoms with van der Waals surface area (Å²) in [5, 5.41) is 10.4. The van der Waals surface area contributed by atoms with Gasteiger partial charge in [0.1, 0.15) is 6.04 Å². The molecule has 2 N–H and O–H groups in total. The molecule has 0 radical (unpaired) electrons. The van der Waals surface area contributed by atoms with Gasteiger partial charge in [-0.1, -0.05) is 11.6 Å². The third-order valence-electron chi connectivity index (χ3n) is 5.30. The van der Waals surface area contributed by atoms with Crippen LogP contribution in [0.1, 0.15) is 30.6 Å². The first-order valence-electron chi connectivity index (χ1n) is 9.90. The molecular formula is C19H26ClN3O5S2. The Morgan fingerprint density at radius 3 is 2.77 bits per heavy atom. The standard InChI is InChI=1S/C19H26ClN3O5S2/c20-17-6-5-15(29-17)7-10-30(27,28)21-16-4-2-9-23(19(16)26)12-18(25)22-8-1-3-14(11-22)13-24/h5-7,10,14,16,21,24H,1-4,8-9,11-13H2/t14?,16-/m0/s1. The van der Waals surface area contributed by atoms with E-state index in [0.717, 1.165) is 18.2 Å². The van der Waals surface area contributed by atoms with Crippen LogP contribution in [0.2, 0.25) is 4.34 Å². The molecule has 3 rings (SSSR count).